The van der Waals surface area contributed by atoms with Gasteiger partial charge in [0.05, 0.1) is 36.2 Å². The molecule has 3 aliphatic carbocycles. The van der Waals surface area contributed by atoms with Crippen LogP contribution in [0.15, 0.2) is 64.5 Å². The fourth-order valence-corrected chi connectivity index (χ4v) is 9.05. The van der Waals surface area contributed by atoms with E-state index >= 15 is 0 Å². The maximum Gasteiger partial charge on any atom is 0.290 e. The average Bonchev–Trinajstić information content (AvgIpc) is 4.09. The summed E-state index contributed by atoms with van der Waals surface area (Å²) >= 11 is 0. The Balaban J connectivity index is 0.00000176. The van der Waals surface area contributed by atoms with Crippen molar-refractivity contribution in [1.29, 1.82) is 0 Å². The summed E-state index contributed by atoms with van der Waals surface area (Å²) in [6.45, 7) is 1.42. The maximum absolute atomic E-state index is 13.4. The van der Waals surface area contributed by atoms with Crippen molar-refractivity contribution in [1.82, 2.24) is 35.3 Å². The molecule has 5 aliphatic rings. The van der Waals surface area contributed by atoms with Crippen molar-refractivity contribution in [3.8, 4) is 22.6 Å². The Morgan fingerprint density at radius 1 is 1.03 bits per heavy atom. The number of aryl methyl sites for hydroxylation is 1. The summed E-state index contributed by atoms with van der Waals surface area (Å²) in [4.78, 5) is 92.6. The predicted octanol–water partition coefficient (Wildman–Crippen LogP) is 2.31. The van der Waals surface area contributed by atoms with E-state index in [1.165, 1.54) is 0 Å². The van der Waals surface area contributed by atoms with Crippen molar-refractivity contribution in [2.24, 2.45) is 12.5 Å². The van der Waals surface area contributed by atoms with Crippen molar-refractivity contribution in [2.45, 2.75) is 75.9 Å². The van der Waals surface area contributed by atoms with Crippen LogP contribution < -0.4 is 31.0 Å². The fraction of sp³-hybridized carbons (Fsp3) is 0.442. The number of amides is 5. The van der Waals surface area contributed by atoms with E-state index in [-0.39, 0.29) is 36.3 Å². The zero-order chi connectivity index (χ0) is 42.9. The summed E-state index contributed by atoms with van der Waals surface area (Å²) in [7, 11) is 7.02. The highest BCUT2D eigenvalue weighted by atomic mass is 16.5. The van der Waals surface area contributed by atoms with Crippen molar-refractivity contribution in [3.63, 3.8) is 0 Å². The van der Waals surface area contributed by atoms with Gasteiger partial charge in [0.25, 0.3) is 23.8 Å². The number of benzene rings is 1. The van der Waals surface area contributed by atoms with E-state index in [2.05, 4.69) is 25.8 Å². The number of carbonyl (C=O) groups is 6. The van der Waals surface area contributed by atoms with Gasteiger partial charge in [0.2, 0.25) is 17.7 Å². The molecule has 0 bridgehead atoms. The monoisotopic (exact) mass is 823 g/mol. The number of carboxylic acid groups (broad SMARTS) is 1. The van der Waals surface area contributed by atoms with Gasteiger partial charge >= 0.3 is 0 Å². The number of piperidine rings is 1. The molecular weight excluding hydrogens is 775 g/mol. The Labute approximate surface area is 345 Å². The summed E-state index contributed by atoms with van der Waals surface area (Å²) < 4.78 is 13.3. The molecule has 3 aromatic rings. The predicted molar refractivity (Wildman–Crippen MR) is 217 cm³/mol. The number of aromatic nitrogens is 2. The quantitative estimate of drug-likeness (QED) is 0.0984. The van der Waals surface area contributed by atoms with Gasteiger partial charge < -0.3 is 29.8 Å². The number of unbranched alkanes of at least 4 members (excludes halogenated alkanes) is 2. The Morgan fingerprint density at radius 2 is 1.73 bits per heavy atom. The third-order valence-corrected chi connectivity index (χ3v) is 12.5. The van der Waals surface area contributed by atoms with Gasteiger partial charge in [-0.25, -0.2) is 0 Å². The number of imide groups is 2. The number of ether oxygens (including phenoxy) is 2. The molecule has 17 nitrogen and oxygen atoms in total. The molecule has 1 atom stereocenters. The van der Waals surface area contributed by atoms with Crippen LogP contribution >= 0.6 is 0 Å². The standard InChI is InChI=1S/C42H47N7O8.CH2O2/c1-47-20-28(25-13-16-43-19-27(25)37(47)52)24-17-32(56-3)29(33(18-24)57-4)21-48(2)42-22-41(42,23-42)40(55)45-15-7-5-6-14-44-30-10-8-9-26-35(30)39(54)49(38(26)53)31-11-12-34(50)46-36(31)51;2-1-3/h10,13,16-20,31,44H,5-9,11-12,14-15,21-23H2,1-4H3,(H,45,55)(H,46,50,51);1H,(H,2,3). The minimum absolute atomic E-state index is 0.0784. The Kier molecular flexibility index (Phi) is 11.6. The van der Waals surface area contributed by atoms with Crippen molar-refractivity contribution in [3.05, 3.63) is 75.6 Å². The summed E-state index contributed by atoms with van der Waals surface area (Å²) in [5.41, 5.74) is 3.22. The fourth-order valence-electron chi connectivity index (χ4n) is 9.05. The highest BCUT2D eigenvalue weighted by Crippen LogP contribution is 2.81. The molecule has 3 fully saturated rings. The second-order valence-electron chi connectivity index (χ2n) is 15.9. The largest absolute Gasteiger partial charge is 0.496 e. The van der Waals surface area contributed by atoms with Crippen LogP contribution in [-0.2, 0) is 42.4 Å². The number of hydrogen-bond acceptors (Lipinski definition) is 12. The van der Waals surface area contributed by atoms with E-state index in [1.54, 1.807) is 38.2 Å². The smallest absolute Gasteiger partial charge is 0.290 e. The number of methoxy groups -OCH3 is 2. The van der Waals surface area contributed by atoms with Crippen LogP contribution in [0.5, 0.6) is 11.5 Å². The number of carbonyl (C=O) groups excluding carboxylic acids is 5. The Morgan fingerprint density at radius 3 is 2.42 bits per heavy atom. The molecule has 316 valence electrons. The summed E-state index contributed by atoms with van der Waals surface area (Å²) in [5.74, 6) is -0.569. The van der Waals surface area contributed by atoms with Gasteiger partial charge in [-0.3, -0.25) is 53.7 Å². The van der Waals surface area contributed by atoms with Crippen LogP contribution in [0, 0.1) is 5.41 Å². The van der Waals surface area contributed by atoms with Crippen LogP contribution in [0.1, 0.15) is 63.4 Å². The lowest BCUT2D eigenvalue weighted by Crippen LogP contribution is -2.54. The number of fused-ring (bicyclic) bond motifs is 2. The molecule has 17 heteroatoms. The Hall–Kier alpha value is -6.36. The first-order valence-corrected chi connectivity index (χ1v) is 20.0. The van der Waals surface area contributed by atoms with Crippen molar-refractivity contribution < 1.29 is 43.3 Å². The van der Waals surface area contributed by atoms with Gasteiger partial charge in [0, 0.05) is 74.1 Å². The van der Waals surface area contributed by atoms with Gasteiger partial charge in [-0.2, -0.15) is 0 Å². The molecule has 0 radical (unpaired) electrons. The summed E-state index contributed by atoms with van der Waals surface area (Å²) in [6.07, 6.45) is 12.3. The number of nitrogens with one attached hydrogen (secondary N) is 3. The molecule has 2 aliphatic heterocycles. The number of pyridine rings is 2. The molecule has 8 rings (SSSR count). The second-order valence-corrected chi connectivity index (χ2v) is 15.9. The first-order chi connectivity index (χ1) is 28.9. The van der Waals surface area contributed by atoms with E-state index in [4.69, 9.17) is 19.4 Å². The van der Waals surface area contributed by atoms with Gasteiger partial charge in [-0.1, -0.05) is 6.08 Å². The summed E-state index contributed by atoms with van der Waals surface area (Å²) in [6, 6.07) is 4.78. The van der Waals surface area contributed by atoms with Crippen molar-refractivity contribution in [2.75, 3.05) is 34.4 Å². The van der Waals surface area contributed by atoms with Crippen molar-refractivity contribution >= 4 is 46.8 Å². The van der Waals surface area contributed by atoms with Crippen LogP contribution in [0.4, 0.5) is 0 Å². The number of hydrogen-bond donors (Lipinski definition) is 4. The zero-order valence-corrected chi connectivity index (χ0v) is 34.1. The molecule has 4 N–H and O–H groups in total. The normalized spacial score (nSPS) is 22.6. The first kappa shape index (κ1) is 41.8. The molecular formula is C43H49N7O10. The molecule has 2 saturated carbocycles. The molecule has 60 heavy (non-hydrogen) atoms. The topological polar surface area (TPSA) is 219 Å². The van der Waals surface area contributed by atoms with Gasteiger partial charge in [0.15, 0.2) is 0 Å². The van der Waals surface area contributed by atoms with E-state index in [0.717, 1.165) is 59.1 Å². The number of nitrogens with zero attached hydrogens (tertiary/aromatic N) is 4. The van der Waals surface area contributed by atoms with Crippen LogP contribution in [0.3, 0.4) is 0 Å². The first-order valence-electron chi connectivity index (χ1n) is 20.0. The molecule has 1 aromatic carbocycles. The van der Waals surface area contributed by atoms with E-state index in [0.29, 0.717) is 66.2 Å². The molecule has 1 unspecified atom stereocenters. The molecule has 2 aromatic heterocycles. The van der Waals surface area contributed by atoms with E-state index < -0.39 is 35.1 Å². The lowest BCUT2D eigenvalue weighted by atomic mass is 9.96. The van der Waals surface area contributed by atoms with E-state index in [1.807, 2.05) is 37.5 Å². The molecule has 4 heterocycles. The van der Waals surface area contributed by atoms with Crippen LogP contribution in [-0.4, -0.2) is 106 Å². The lowest BCUT2D eigenvalue weighted by molar-refractivity contribution is -0.150. The van der Waals surface area contributed by atoms with Gasteiger partial charge in [-0.15, -0.1) is 0 Å². The van der Waals surface area contributed by atoms with Crippen LogP contribution in [0.2, 0.25) is 0 Å². The average molecular weight is 824 g/mol. The minimum Gasteiger partial charge on any atom is -0.496 e. The number of allylic oxidation sites excluding steroid dienone is 1. The Bertz CT molecular complexity index is 2390. The SMILES string of the molecule is COc1cc(-c2cn(C)c(=O)c3cnccc23)cc(OC)c1CN(C)C12CC1(C(=O)NCCCCCNC1=CCCC3=C1C(=O)N(C1CCC(=O)NC1=O)C3=O)C2.O=CO. The molecule has 1 saturated heterocycles. The minimum atomic E-state index is -0.980. The highest BCUT2D eigenvalue weighted by Gasteiger charge is 2.88. The third-order valence-electron chi connectivity index (χ3n) is 12.5. The summed E-state index contributed by atoms with van der Waals surface area (Å²) in [5, 5.41) is 16.9. The lowest BCUT2D eigenvalue weighted by Gasteiger charge is -2.28. The van der Waals surface area contributed by atoms with Crippen LogP contribution in [0.25, 0.3) is 21.9 Å². The third kappa shape index (κ3) is 7.31. The van der Waals surface area contributed by atoms with E-state index in [9.17, 15) is 28.8 Å². The molecule has 5 amide bonds. The second kappa shape index (κ2) is 16.7. The zero-order valence-electron chi connectivity index (χ0n) is 34.1. The van der Waals surface area contributed by atoms with Gasteiger partial charge in [-0.05, 0) is 87.6 Å². The number of rotatable bonds is 15. The highest BCUT2D eigenvalue weighted by molar-refractivity contribution is 6.23. The maximum atomic E-state index is 13.4. The molecule has 0 spiro atoms. The van der Waals surface area contributed by atoms with Gasteiger partial charge in [0.1, 0.15) is 17.5 Å².